The van der Waals surface area contributed by atoms with Crippen molar-refractivity contribution < 1.29 is 24.0 Å². The van der Waals surface area contributed by atoms with E-state index in [-0.39, 0.29) is 40.8 Å². The number of likely N-dealkylation sites (N-methyl/N-ethyl adjacent to an activating group) is 2. The van der Waals surface area contributed by atoms with Gasteiger partial charge in [-0.25, -0.2) is 9.59 Å². The van der Waals surface area contributed by atoms with E-state index >= 15 is 0 Å². The van der Waals surface area contributed by atoms with Crippen molar-refractivity contribution in [3.63, 3.8) is 0 Å². The van der Waals surface area contributed by atoms with Gasteiger partial charge in [0.2, 0.25) is 0 Å². The highest BCUT2D eigenvalue weighted by molar-refractivity contribution is 6.00. The number of carbonyl (C=O) groups is 2. The molecule has 0 spiro atoms. The van der Waals surface area contributed by atoms with Gasteiger partial charge in [-0.05, 0) is 123 Å². The van der Waals surface area contributed by atoms with Gasteiger partial charge in [-0.1, -0.05) is 133 Å². The number of nitro benzene ring substituents is 1. The molecular formula is C57H68N4O6. The van der Waals surface area contributed by atoms with E-state index in [0.29, 0.717) is 17.0 Å². The van der Waals surface area contributed by atoms with E-state index in [2.05, 4.69) is 112 Å². The number of allylic oxidation sites excluding steroid dienone is 2. The summed E-state index contributed by atoms with van der Waals surface area (Å²) in [5.74, 6) is -1.94. The van der Waals surface area contributed by atoms with Crippen molar-refractivity contribution in [1.29, 1.82) is 0 Å². The fourth-order valence-corrected chi connectivity index (χ4v) is 9.35. The van der Waals surface area contributed by atoms with Crippen molar-refractivity contribution in [2.45, 2.75) is 109 Å². The Balaban J connectivity index is 1.22. The first kappa shape index (κ1) is 50.1. The van der Waals surface area contributed by atoms with Crippen LogP contribution in [-0.2, 0) is 19.1 Å². The number of non-ortho nitro benzene ring substituents is 1. The van der Waals surface area contributed by atoms with Crippen molar-refractivity contribution in [3.8, 4) is 0 Å². The molecular weight excluding hydrogens is 837 g/mol. The average Bonchev–Trinajstić information content (AvgIpc) is 3.31. The van der Waals surface area contributed by atoms with Crippen LogP contribution in [0.1, 0.15) is 114 Å². The van der Waals surface area contributed by atoms with Gasteiger partial charge in [0.15, 0.2) is 0 Å². The highest BCUT2D eigenvalue weighted by Crippen LogP contribution is 2.42. The van der Waals surface area contributed by atoms with E-state index in [0.717, 1.165) is 25.9 Å². The molecule has 1 aliphatic rings. The minimum absolute atomic E-state index is 0.161. The summed E-state index contributed by atoms with van der Waals surface area (Å²) in [6, 6.07) is 47.6. The Kier molecular flexibility index (Phi) is 16.4. The van der Waals surface area contributed by atoms with Gasteiger partial charge in [0, 0.05) is 47.4 Å². The van der Waals surface area contributed by atoms with Gasteiger partial charge >= 0.3 is 11.9 Å². The molecule has 0 aromatic heterocycles. The molecule has 0 saturated carbocycles. The topological polar surface area (TPSA) is 114 Å². The number of dihydropyridines is 1. The summed E-state index contributed by atoms with van der Waals surface area (Å²) in [6.07, 6.45) is 1.67. The zero-order chi connectivity index (χ0) is 48.5. The van der Waals surface area contributed by atoms with E-state index in [9.17, 15) is 19.7 Å². The maximum atomic E-state index is 14.8. The second kappa shape index (κ2) is 22.0. The summed E-state index contributed by atoms with van der Waals surface area (Å²) in [5.41, 5.74) is 4.52. The minimum atomic E-state index is -1.02. The largest absolute Gasteiger partial charge is 0.455 e. The third-order valence-electron chi connectivity index (χ3n) is 14.0. The van der Waals surface area contributed by atoms with Crippen LogP contribution in [0.2, 0.25) is 0 Å². The predicted molar refractivity (Wildman–Crippen MR) is 268 cm³/mol. The Morgan fingerprint density at radius 1 is 0.597 bits per heavy atom. The van der Waals surface area contributed by atoms with E-state index in [1.807, 2.05) is 79.9 Å². The van der Waals surface area contributed by atoms with Crippen LogP contribution in [0, 0.1) is 10.1 Å². The van der Waals surface area contributed by atoms with Gasteiger partial charge in [0.05, 0.1) is 22.0 Å². The summed E-state index contributed by atoms with van der Waals surface area (Å²) >= 11 is 0. The molecule has 0 fully saturated rings. The quantitative estimate of drug-likeness (QED) is 0.0463. The van der Waals surface area contributed by atoms with Crippen LogP contribution in [0.3, 0.4) is 0 Å². The van der Waals surface area contributed by atoms with Crippen LogP contribution in [0.4, 0.5) is 5.69 Å². The van der Waals surface area contributed by atoms with Gasteiger partial charge < -0.3 is 14.8 Å². The number of hydrogen-bond acceptors (Lipinski definition) is 9. The summed E-state index contributed by atoms with van der Waals surface area (Å²) in [6.45, 7) is 16.6. The van der Waals surface area contributed by atoms with Crippen molar-refractivity contribution >= 4 is 17.6 Å². The molecule has 5 aromatic rings. The maximum Gasteiger partial charge on any atom is 0.337 e. The summed E-state index contributed by atoms with van der Waals surface area (Å²) in [7, 11) is 4.08. The number of nitrogens with zero attached hydrogens (tertiary/aromatic N) is 3. The molecule has 0 amide bonds. The van der Waals surface area contributed by atoms with Crippen molar-refractivity contribution in [3.05, 3.63) is 206 Å². The third kappa shape index (κ3) is 12.2. The fourth-order valence-electron chi connectivity index (χ4n) is 9.35. The van der Waals surface area contributed by atoms with E-state index in [1.54, 1.807) is 26.0 Å². The standard InChI is InChI=1S/C57H68N4O6/c1-39-51(54(62)66-56(5,6)41(3)59(9)36-34-49(43-24-15-11-16-25-43)44-26-17-12-18-27-44)53(47-32-23-33-48(38-47)61(64)65)52(40(2)58-39)55(63)67-57(7,8)42(4)60(10)37-35-50(45-28-19-13-20-29-45)46-30-21-14-22-31-46/h11-33,38,41-42,49-50,53,58H,34-37H2,1-10H3. The number of ether oxygens (including phenoxy) is 2. The van der Waals surface area contributed by atoms with Crippen LogP contribution in [0.25, 0.3) is 0 Å². The third-order valence-corrected chi connectivity index (χ3v) is 14.0. The molecule has 0 aliphatic carbocycles. The average molecular weight is 905 g/mol. The highest BCUT2D eigenvalue weighted by atomic mass is 16.6. The van der Waals surface area contributed by atoms with Gasteiger partial charge in [-0.2, -0.15) is 0 Å². The molecule has 1 N–H and O–H groups in total. The monoisotopic (exact) mass is 905 g/mol. The minimum Gasteiger partial charge on any atom is -0.455 e. The molecule has 352 valence electrons. The van der Waals surface area contributed by atoms with Gasteiger partial charge in [0.25, 0.3) is 5.69 Å². The number of hydrogen-bond donors (Lipinski definition) is 1. The SMILES string of the molecule is CC1=C(C(=O)OC(C)(C)C(C)N(C)CCC(c2ccccc2)c2ccccc2)C(c2cccc([N+](=O)[O-])c2)C(C(=O)OC(C)(C)C(C)N(C)CCC(c2ccccc2)c2ccccc2)=C(C)N1. The van der Waals surface area contributed by atoms with Crippen LogP contribution < -0.4 is 5.32 Å². The number of benzene rings is 5. The Labute approximate surface area is 397 Å². The summed E-state index contributed by atoms with van der Waals surface area (Å²) in [4.78, 5) is 45.7. The van der Waals surface area contributed by atoms with Gasteiger partial charge in [-0.15, -0.1) is 0 Å². The van der Waals surface area contributed by atoms with Crippen molar-refractivity contribution in [1.82, 2.24) is 15.1 Å². The number of carbonyl (C=O) groups excluding carboxylic acids is 2. The number of rotatable bonds is 20. The van der Waals surface area contributed by atoms with E-state index in [1.165, 1.54) is 34.4 Å². The summed E-state index contributed by atoms with van der Waals surface area (Å²) in [5, 5.41) is 15.4. The van der Waals surface area contributed by atoms with Gasteiger partial charge in [0.1, 0.15) is 11.2 Å². The first-order chi connectivity index (χ1) is 31.9. The first-order valence-electron chi connectivity index (χ1n) is 23.4. The molecule has 1 heterocycles. The second-order valence-corrected chi connectivity index (χ2v) is 19.1. The Morgan fingerprint density at radius 2 is 0.940 bits per heavy atom. The maximum absolute atomic E-state index is 14.8. The van der Waals surface area contributed by atoms with E-state index in [4.69, 9.17) is 9.47 Å². The molecule has 0 radical (unpaired) electrons. The molecule has 10 heteroatoms. The fraction of sp³-hybridized carbons (Fsp3) is 0.368. The first-order valence-corrected chi connectivity index (χ1v) is 23.4. The van der Waals surface area contributed by atoms with Crippen LogP contribution in [-0.4, -0.2) is 77.1 Å². The molecule has 2 atom stereocenters. The normalized spacial score (nSPS) is 15.5. The molecule has 2 unspecified atom stereocenters. The molecule has 0 saturated heterocycles. The van der Waals surface area contributed by atoms with Crippen molar-refractivity contribution in [2.75, 3.05) is 27.2 Å². The molecule has 0 bridgehead atoms. The molecule has 67 heavy (non-hydrogen) atoms. The lowest BCUT2D eigenvalue weighted by molar-refractivity contribution is -0.384. The lowest BCUT2D eigenvalue weighted by Crippen LogP contribution is -2.50. The van der Waals surface area contributed by atoms with Crippen LogP contribution in [0.15, 0.2) is 168 Å². The molecule has 10 nitrogen and oxygen atoms in total. The predicted octanol–water partition coefficient (Wildman–Crippen LogP) is 11.6. The second-order valence-electron chi connectivity index (χ2n) is 19.1. The highest BCUT2D eigenvalue weighted by Gasteiger charge is 2.44. The van der Waals surface area contributed by atoms with Crippen molar-refractivity contribution in [2.24, 2.45) is 0 Å². The van der Waals surface area contributed by atoms with Crippen LogP contribution >= 0.6 is 0 Å². The number of nitrogens with one attached hydrogen (secondary N) is 1. The zero-order valence-electron chi connectivity index (χ0n) is 40.9. The van der Waals surface area contributed by atoms with E-state index < -0.39 is 34.0 Å². The molecule has 5 aromatic carbocycles. The van der Waals surface area contributed by atoms with Crippen LogP contribution in [0.5, 0.6) is 0 Å². The number of esters is 2. The lowest BCUT2D eigenvalue weighted by atomic mass is 9.80. The summed E-state index contributed by atoms with van der Waals surface area (Å²) < 4.78 is 13.0. The lowest BCUT2D eigenvalue weighted by Gasteiger charge is -2.40. The Hall–Kier alpha value is -6.36. The Bertz CT molecular complexity index is 2300. The molecule has 6 rings (SSSR count). The smallest absolute Gasteiger partial charge is 0.337 e. The zero-order valence-corrected chi connectivity index (χ0v) is 40.9. The molecule has 1 aliphatic heterocycles. The van der Waals surface area contributed by atoms with Gasteiger partial charge in [-0.3, -0.25) is 19.9 Å². The number of nitro groups is 1. The Morgan fingerprint density at radius 3 is 1.27 bits per heavy atom.